The number of carbonyl (C=O) groups is 3. The summed E-state index contributed by atoms with van der Waals surface area (Å²) >= 11 is 0. The number of rotatable bonds is 8. The molecule has 4 heterocycles. The van der Waals surface area contributed by atoms with Crippen molar-refractivity contribution in [1.29, 1.82) is 0 Å². The molecule has 2 saturated heterocycles. The number of benzene rings is 3. The third-order valence-corrected chi connectivity index (χ3v) is 9.79. The summed E-state index contributed by atoms with van der Waals surface area (Å²) in [5, 5.41) is 2.71. The highest BCUT2D eigenvalue weighted by atomic mass is 16.6. The molecule has 0 radical (unpaired) electrons. The van der Waals surface area contributed by atoms with Gasteiger partial charge in [-0.15, -0.1) is 0 Å². The highest BCUT2D eigenvalue weighted by Crippen LogP contribution is 2.36. The summed E-state index contributed by atoms with van der Waals surface area (Å²) in [4.78, 5) is 58.6. The van der Waals surface area contributed by atoms with Crippen molar-refractivity contribution in [2.24, 2.45) is 0 Å². The molecule has 3 N–H and O–H groups in total. The van der Waals surface area contributed by atoms with Crippen LogP contribution in [0.4, 0.5) is 9.59 Å². The fourth-order valence-electron chi connectivity index (χ4n) is 7.17. The largest absolute Gasteiger partial charge is 0.453 e. The molecule has 3 amide bonds. The first kappa shape index (κ1) is 35.5. The van der Waals surface area contributed by atoms with Gasteiger partial charge in [0.15, 0.2) is 0 Å². The highest BCUT2D eigenvalue weighted by molar-refractivity contribution is 5.87. The van der Waals surface area contributed by atoms with E-state index in [2.05, 4.69) is 68.8 Å². The van der Waals surface area contributed by atoms with Crippen LogP contribution in [0.15, 0.2) is 91.3 Å². The van der Waals surface area contributed by atoms with Gasteiger partial charge < -0.3 is 29.7 Å². The van der Waals surface area contributed by atoms with E-state index in [0.29, 0.717) is 24.5 Å². The van der Waals surface area contributed by atoms with E-state index in [4.69, 9.17) is 14.5 Å². The Morgan fingerprint density at radius 1 is 0.736 bits per heavy atom. The molecule has 0 spiro atoms. The Balaban J connectivity index is 1.01. The van der Waals surface area contributed by atoms with Crippen LogP contribution in [-0.2, 0) is 14.3 Å². The van der Waals surface area contributed by atoms with Crippen molar-refractivity contribution in [3.8, 4) is 33.6 Å². The number of imidazole rings is 2. The third-order valence-electron chi connectivity index (χ3n) is 9.79. The fraction of sp³-hybridized carbons (Fsp3) is 0.341. The predicted octanol–water partition coefficient (Wildman–Crippen LogP) is 7.97. The van der Waals surface area contributed by atoms with E-state index >= 15 is 0 Å². The first-order chi connectivity index (χ1) is 25.6. The summed E-state index contributed by atoms with van der Waals surface area (Å²) in [7, 11) is 1.28. The van der Waals surface area contributed by atoms with Crippen molar-refractivity contribution in [3.63, 3.8) is 0 Å². The molecule has 0 unspecified atom stereocenters. The molecule has 0 aliphatic carbocycles. The topological polar surface area (TPSA) is 146 Å². The smallest absolute Gasteiger partial charge is 0.410 e. The minimum absolute atomic E-state index is 0.135. The lowest BCUT2D eigenvalue weighted by atomic mass is 10.0. The van der Waals surface area contributed by atoms with Gasteiger partial charge in [0, 0.05) is 13.1 Å². The van der Waals surface area contributed by atoms with Gasteiger partial charge in [-0.3, -0.25) is 9.69 Å². The number of likely N-dealkylation sites (tertiary alicyclic amines) is 2. The SMILES string of the molecule is COC(=O)N[C@@H](C(=O)N1CCC[C@H]1c1ncc(-c2ccc(-c3ccc(-c4cnc([C@@H]5CCCN5C(=O)OC(C)(C)C)[nH]4)cc3)cc2)[nH]1)c1ccccc1. The second-order valence-corrected chi connectivity index (χ2v) is 14.5. The van der Waals surface area contributed by atoms with Crippen molar-refractivity contribution in [3.05, 3.63) is 108 Å². The van der Waals surface area contributed by atoms with Crippen LogP contribution in [0.3, 0.4) is 0 Å². The average Bonchev–Trinajstić information content (AvgIpc) is 4.00. The second-order valence-electron chi connectivity index (χ2n) is 14.5. The molecule has 2 aromatic heterocycles. The number of aromatic nitrogens is 4. The monoisotopic (exact) mass is 715 g/mol. The summed E-state index contributed by atoms with van der Waals surface area (Å²) in [6.07, 6.45) is 5.99. The molecule has 0 bridgehead atoms. The molecule has 5 aromatic rings. The standard InChI is InChI=1S/C41H45N7O5/c1-41(2,3)53-40(51)48-23-9-13-34(48)37-43-25-32(45-37)29-20-16-27(17-21-29)26-14-18-28(19-15-26)31-24-42-36(44-31)33-12-8-22-47(33)38(49)35(46-39(50)52-4)30-10-6-5-7-11-30/h5-7,10-11,14-21,24-25,33-35H,8-9,12-13,22-23H2,1-4H3,(H,42,44)(H,43,45)(H,46,50)/t33-,34-,35+/m0/s1. The Morgan fingerprint density at radius 2 is 1.23 bits per heavy atom. The van der Waals surface area contributed by atoms with E-state index in [1.54, 1.807) is 16.0 Å². The summed E-state index contributed by atoms with van der Waals surface area (Å²) in [6, 6.07) is 24.5. The maximum Gasteiger partial charge on any atom is 0.410 e. The number of hydrogen-bond donors (Lipinski definition) is 3. The highest BCUT2D eigenvalue weighted by Gasteiger charge is 2.37. The second kappa shape index (κ2) is 15.0. The van der Waals surface area contributed by atoms with Crippen molar-refractivity contribution >= 4 is 18.1 Å². The molecule has 3 aromatic carbocycles. The van der Waals surface area contributed by atoms with Gasteiger partial charge in [-0.25, -0.2) is 19.6 Å². The van der Waals surface area contributed by atoms with Gasteiger partial charge in [0.05, 0.1) is 43.0 Å². The van der Waals surface area contributed by atoms with Crippen molar-refractivity contribution < 1.29 is 23.9 Å². The minimum Gasteiger partial charge on any atom is -0.453 e. The van der Waals surface area contributed by atoms with Gasteiger partial charge in [0.1, 0.15) is 23.3 Å². The zero-order chi connectivity index (χ0) is 37.1. The van der Waals surface area contributed by atoms with E-state index < -0.39 is 17.7 Å². The summed E-state index contributed by atoms with van der Waals surface area (Å²) < 4.78 is 10.5. The van der Waals surface area contributed by atoms with Gasteiger partial charge in [0.2, 0.25) is 0 Å². The Hall–Kier alpha value is -5.91. The van der Waals surface area contributed by atoms with Crippen LogP contribution in [-0.4, -0.2) is 73.6 Å². The number of aromatic amines is 2. The molecule has 12 heteroatoms. The van der Waals surface area contributed by atoms with Crippen LogP contribution < -0.4 is 5.32 Å². The van der Waals surface area contributed by atoms with E-state index in [1.165, 1.54) is 7.11 Å². The van der Waals surface area contributed by atoms with Gasteiger partial charge in [0.25, 0.3) is 5.91 Å². The Morgan fingerprint density at radius 3 is 1.74 bits per heavy atom. The van der Waals surface area contributed by atoms with E-state index in [9.17, 15) is 14.4 Å². The quantitative estimate of drug-likeness (QED) is 0.148. The fourth-order valence-corrected chi connectivity index (χ4v) is 7.17. The number of nitrogens with zero attached hydrogens (tertiary/aromatic N) is 4. The van der Waals surface area contributed by atoms with E-state index in [-0.39, 0.29) is 24.1 Å². The molecule has 7 rings (SSSR count). The number of alkyl carbamates (subject to hydrolysis) is 1. The first-order valence-electron chi connectivity index (χ1n) is 18.1. The molecule has 2 aliphatic rings. The van der Waals surface area contributed by atoms with E-state index in [0.717, 1.165) is 65.1 Å². The minimum atomic E-state index is -0.869. The summed E-state index contributed by atoms with van der Waals surface area (Å²) in [6.45, 7) is 6.85. The molecular weight excluding hydrogens is 670 g/mol. The number of methoxy groups -OCH3 is 1. The number of H-pyrrole nitrogens is 2. The van der Waals surface area contributed by atoms with Gasteiger partial charge in [-0.2, -0.15) is 0 Å². The third kappa shape index (κ3) is 7.81. The van der Waals surface area contributed by atoms with Crippen LogP contribution in [0, 0.1) is 0 Å². The molecule has 3 atom stereocenters. The average molecular weight is 716 g/mol. The number of hydrogen-bond acceptors (Lipinski definition) is 7. The lowest BCUT2D eigenvalue weighted by molar-refractivity contribution is -0.134. The van der Waals surface area contributed by atoms with Crippen molar-refractivity contribution in [1.82, 2.24) is 35.1 Å². The zero-order valence-electron chi connectivity index (χ0n) is 30.5. The predicted molar refractivity (Wildman–Crippen MR) is 200 cm³/mol. The molecule has 0 saturated carbocycles. The van der Waals surface area contributed by atoms with Crippen LogP contribution >= 0.6 is 0 Å². The maximum atomic E-state index is 13.9. The molecular formula is C41H45N7O5. The number of ether oxygens (including phenoxy) is 2. The van der Waals surface area contributed by atoms with Crippen LogP contribution in [0.5, 0.6) is 0 Å². The van der Waals surface area contributed by atoms with Gasteiger partial charge in [-0.05, 0) is 74.3 Å². The Labute approximate surface area is 308 Å². The normalized spacial score (nSPS) is 17.8. The lowest BCUT2D eigenvalue weighted by Gasteiger charge is -2.28. The summed E-state index contributed by atoms with van der Waals surface area (Å²) in [5.74, 6) is 1.27. The van der Waals surface area contributed by atoms with Crippen molar-refractivity contribution in [2.75, 3.05) is 20.2 Å². The van der Waals surface area contributed by atoms with Gasteiger partial charge in [-0.1, -0.05) is 78.9 Å². The van der Waals surface area contributed by atoms with E-state index in [1.807, 2.05) is 57.3 Å². The number of amides is 3. The zero-order valence-corrected chi connectivity index (χ0v) is 30.5. The first-order valence-corrected chi connectivity index (χ1v) is 18.1. The Bertz CT molecular complexity index is 2050. The molecule has 2 aliphatic heterocycles. The maximum absolute atomic E-state index is 13.9. The van der Waals surface area contributed by atoms with Crippen LogP contribution in [0.25, 0.3) is 33.6 Å². The molecule has 53 heavy (non-hydrogen) atoms. The van der Waals surface area contributed by atoms with Crippen LogP contribution in [0.2, 0.25) is 0 Å². The van der Waals surface area contributed by atoms with Crippen molar-refractivity contribution in [2.45, 2.75) is 70.2 Å². The molecule has 2 fully saturated rings. The molecule has 12 nitrogen and oxygen atoms in total. The Kier molecular flexibility index (Phi) is 10.0. The molecule has 274 valence electrons. The lowest BCUT2D eigenvalue weighted by Crippen LogP contribution is -2.42. The summed E-state index contributed by atoms with van der Waals surface area (Å²) in [5.41, 5.74) is 6.02. The number of carbonyl (C=O) groups excluding carboxylic acids is 3. The van der Waals surface area contributed by atoms with Crippen LogP contribution in [0.1, 0.15) is 81.8 Å². The van der Waals surface area contributed by atoms with Gasteiger partial charge >= 0.3 is 12.2 Å². The number of nitrogens with one attached hydrogen (secondary N) is 3.